The second kappa shape index (κ2) is 5.42. The first kappa shape index (κ1) is 14.7. The van der Waals surface area contributed by atoms with E-state index in [2.05, 4.69) is 10.2 Å². The molecule has 0 saturated heterocycles. The van der Waals surface area contributed by atoms with Crippen LogP contribution in [0.3, 0.4) is 0 Å². The predicted molar refractivity (Wildman–Crippen MR) is 96.1 cm³/mol. The second-order valence-electron chi connectivity index (χ2n) is 6.20. The van der Waals surface area contributed by atoms with Crippen molar-refractivity contribution in [3.05, 3.63) is 66.0 Å². The molecule has 26 heavy (non-hydrogen) atoms. The lowest BCUT2D eigenvalue weighted by molar-refractivity contribution is 0.0697. The van der Waals surface area contributed by atoms with Crippen molar-refractivity contribution < 1.29 is 14.6 Å². The maximum Gasteiger partial charge on any atom is 0.335 e. The van der Waals surface area contributed by atoms with Crippen LogP contribution in [0.5, 0.6) is 5.75 Å². The molecule has 0 atom stereocenters. The molecule has 6 heteroatoms. The van der Waals surface area contributed by atoms with Crippen LogP contribution < -0.4 is 4.74 Å². The lowest BCUT2D eigenvalue weighted by atomic mass is 9.97. The Bertz CT molecular complexity index is 1170. The lowest BCUT2D eigenvalue weighted by Crippen LogP contribution is -2.07. The molecule has 0 saturated carbocycles. The summed E-state index contributed by atoms with van der Waals surface area (Å²) in [5, 5.41) is 16.8. The second-order valence-corrected chi connectivity index (χ2v) is 6.20. The Morgan fingerprint density at radius 1 is 1.12 bits per heavy atom. The Morgan fingerprint density at radius 2 is 2.04 bits per heavy atom. The largest absolute Gasteiger partial charge is 0.488 e. The van der Waals surface area contributed by atoms with Gasteiger partial charge in [0.25, 0.3) is 0 Å². The van der Waals surface area contributed by atoms with E-state index in [4.69, 9.17) is 9.72 Å². The third-order valence-electron chi connectivity index (χ3n) is 4.59. The number of nitrogens with one attached hydrogen (secondary N) is 1. The average molecular weight is 343 g/mol. The minimum Gasteiger partial charge on any atom is -0.488 e. The number of carbonyl (C=O) groups is 1. The topological polar surface area (TPSA) is 88.1 Å². The molecule has 2 N–H and O–H groups in total. The van der Waals surface area contributed by atoms with Crippen LogP contribution in [0.15, 0.2) is 54.9 Å². The van der Waals surface area contributed by atoms with E-state index >= 15 is 0 Å². The minimum atomic E-state index is -0.948. The first-order chi connectivity index (χ1) is 12.7. The van der Waals surface area contributed by atoms with E-state index < -0.39 is 5.97 Å². The maximum absolute atomic E-state index is 11.2. The van der Waals surface area contributed by atoms with E-state index in [0.717, 1.165) is 44.6 Å². The van der Waals surface area contributed by atoms with Crippen molar-refractivity contribution in [2.24, 2.45) is 0 Å². The van der Waals surface area contributed by atoms with Crippen LogP contribution in [-0.2, 0) is 6.61 Å². The summed E-state index contributed by atoms with van der Waals surface area (Å²) in [5.74, 6) is -0.158. The fourth-order valence-corrected chi connectivity index (χ4v) is 3.28. The molecule has 0 aliphatic carbocycles. The van der Waals surface area contributed by atoms with E-state index in [9.17, 15) is 9.90 Å². The maximum atomic E-state index is 11.2. The first-order valence-electron chi connectivity index (χ1n) is 8.12. The summed E-state index contributed by atoms with van der Waals surface area (Å²) in [6.45, 7) is 0.410. The van der Waals surface area contributed by atoms with Crippen LogP contribution in [-0.4, -0.2) is 26.3 Å². The molecular formula is C20H13N3O3. The zero-order chi connectivity index (χ0) is 17.7. The molecule has 1 aliphatic heterocycles. The number of carboxylic acids is 1. The van der Waals surface area contributed by atoms with Crippen LogP contribution >= 0.6 is 0 Å². The highest BCUT2D eigenvalue weighted by Gasteiger charge is 2.20. The molecule has 126 valence electrons. The van der Waals surface area contributed by atoms with Gasteiger partial charge in [0.05, 0.1) is 23.0 Å². The van der Waals surface area contributed by atoms with Crippen LogP contribution in [0.25, 0.3) is 33.3 Å². The number of H-pyrrole nitrogens is 1. The molecule has 4 aromatic rings. The van der Waals surface area contributed by atoms with Gasteiger partial charge < -0.3 is 9.84 Å². The molecule has 2 aromatic carbocycles. The van der Waals surface area contributed by atoms with Gasteiger partial charge in [-0.25, -0.2) is 9.78 Å². The van der Waals surface area contributed by atoms with Crippen molar-refractivity contribution in [2.45, 2.75) is 6.61 Å². The zero-order valence-corrected chi connectivity index (χ0v) is 13.6. The quantitative estimate of drug-likeness (QED) is 0.576. The SMILES string of the molecule is O=C(O)c1ccc2nc3c(cc2c1)COc1ccc(-c2cn[nH]c2)cc1-3. The van der Waals surface area contributed by atoms with Gasteiger partial charge in [-0.05, 0) is 42.0 Å². The summed E-state index contributed by atoms with van der Waals surface area (Å²) in [5.41, 5.74) is 5.76. The number of hydrogen-bond acceptors (Lipinski definition) is 4. The molecule has 5 rings (SSSR count). The molecule has 3 heterocycles. The monoisotopic (exact) mass is 343 g/mol. The number of ether oxygens (including phenoxy) is 1. The standard InChI is InChI=1S/C20H13N3O3/c24-20(25)12-1-3-17-13(5-12)6-14-10-26-18-4-2-11(15-8-21-22-9-15)7-16(18)19(14)23-17/h1-9H,10H2,(H,21,22)(H,24,25). The van der Waals surface area contributed by atoms with E-state index in [1.54, 1.807) is 24.4 Å². The summed E-state index contributed by atoms with van der Waals surface area (Å²) in [4.78, 5) is 16.0. The van der Waals surface area contributed by atoms with Gasteiger partial charge >= 0.3 is 5.97 Å². The molecule has 1 aliphatic rings. The number of benzene rings is 2. The lowest BCUT2D eigenvalue weighted by Gasteiger charge is -2.21. The summed E-state index contributed by atoms with van der Waals surface area (Å²) >= 11 is 0. The van der Waals surface area contributed by atoms with Crippen molar-refractivity contribution in [3.63, 3.8) is 0 Å². The fraction of sp³-hybridized carbons (Fsp3) is 0.0500. The van der Waals surface area contributed by atoms with Gasteiger partial charge in [0, 0.05) is 28.3 Å². The Labute approximate surface area is 148 Å². The number of hydrogen-bond donors (Lipinski definition) is 2. The summed E-state index contributed by atoms with van der Waals surface area (Å²) in [7, 11) is 0. The highest BCUT2D eigenvalue weighted by molar-refractivity contribution is 5.94. The highest BCUT2D eigenvalue weighted by atomic mass is 16.5. The first-order valence-corrected chi connectivity index (χ1v) is 8.12. The molecule has 6 nitrogen and oxygen atoms in total. The Morgan fingerprint density at radius 3 is 2.85 bits per heavy atom. The molecular weight excluding hydrogens is 330 g/mol. The van der Waals surface area contributed by atoms with E-state index in [1.165, 1.54) is 0 Å². The molecule has 0 spiro atoms. The van der Waals surface area contributed by atoms with Gasteiger partial charge in [-0.15, -0.1) is 0 Å². The fourth-order valence-electron chi connectivity index (χ4n) is 3.28. The van der Waals surface area contributed by atoms with E-state index in [0.29, 0.717) is 6.61 Å². The number of aromatic amines is 1. The summed E-state index contributed by atoms with van der Waals surface area (Å²) in [6.07, 6.45) is 3.61. The number of rotatable bonds is 2. The van der Waals surface area contributed by atoms with Crippen molar-refractivity contribution >= 4 is 16.9 Å². The van der Waals surface area contributed by atoms with Crippen molar-refractivity contribution in [1.29, 1.82) is 0 Å². The van der Waals surface area contributed by atoms with Gasteiger partial charge in [-0.2, -0.15) is 5.10 Å². The normalized spacial score (nSPS) is 12.3. The Kier molecular flexibility index (Phi) is 3.05. The molecule has 0 bridgehead atoms. The number of carboxylic acid groups (broad SMARTS) is 1. The van der Waals surface area contributed by atoms with E-state index in [1.807, 2.05) is 30.5 Å². The molecule has 2 aromatic heterocycles. The molecule has 0 amide bonds. The van der Waals surface area contributed by atoms with Crippen LogP contribution in [0, 0.1) is 0 Å². The highest BCUT2D eigenvalue weighted by Crippen LogP contribution is 2.39. The predicted octanol–water partition coefficient (Wildman–Crippen LogP) is 3.88. The molecule has 0 fully saturated rings. The van der Waals surface area contributed by atoms with Crippen molar-refractivity contribution in [1.82, 2.24) is 15.2 Å². The van der Waals surface area contributed by atoms with Gasteiger partial charge in [-0.1, -0.05) is 6.07 Å². The number of aromatic carboxylic acids is 1. The third-order valence-corrected chi connectivity index (χ3v) is 4.59. The van der Waals surface area contributed by atoms with Gasteiger partial charge in [-0.3, -0.25) is 5.10 Å². The summed E-state index contributed by atoms with van der Waals surface area (Å²) < 4.78 is 5.87. The van der Waals surface area contributed by atoms with Gasteiger partial charge in [0.1, 0.15) is 12.4 Å². The Hall–Kier alpha value is -3.67. The van der Waals surface area contributed by atoms with Gasteiger partial charge in [0.15, 0.2) is 0 Å². The van der Waals surface area contributed by atoms with Crippen LogP contribution in [0.4, 0.5) is 0 Å². The van der Waals surface area contributed by atoms with Crippen molar-refractivity contribution in [2.75, 3.05) is 0 Å². The zero-order valence-electron chi connectivity index (χ0n) is 13.6. The summed E-state index contributed by atoms with van der Waals surface area (Å²) in [6, 6.07) is 12.9. The van der Waals surface area contributed by atoms with Crippen LogP contribution in [0.1, 0.15) is 15.9 Å². The van der Waals surface area contributed by atoms with Gasteiger partial charge in [0.2, 0.25) is 0 Å². The average Bonchev–Trinajstić information content (AvgIpc) is 3.20. The molecule has 0 unspecified atom stereocenters. The van der Waals surface area contributed by atoms with Crippen molar-refractivity contribution in [3.8, 4) is 28.1 Å². The number of nitrogens with zero attached hydrogens (tertiary/aromatic N) is 2. The number of aromatic nitrogens is 3. The minimum absolute atomic E-state index is 0.249. The van der Waals surface area contributed by atoms with Crippen LogP contribution in [0.2, 0.25) is 0 Å². The third kappa shape index (κ3) is 2.23. The smallest absolute Gasteiger partial charge is 0.335 e. The number of fused-ring (bicyclic) bond motifs is 4. The Balaban J connectivity index is 1.70. The molecule has 0 radical (unpaired) electrons. The van der Waals surface area contributed by atoms with E-state index in [-0.39, 0.29) is 5.56 Å². The number of pyridine rings is 1.